The van der Waals surface area contributed by atoms with Gasteiger partial charge < -0.3 is 15.7 Å². The highest BCUT2D eigenvalue weighted by Gasteiger charge is 2.24. The first kappa shape index (κ1) is 19.5. The topological polar surface area (TPSA) is 74.2 Å². The largest absolute Gasteiger partial charge is 0.507 e. The second kappa shape index (κ2) is 8.29. The standard InChI is InChI=1S/C23H24ClN3O2/c1-14-2-8-19(22(28)12-14)23(29)27-17-6-4-16(5-7-17)26-20-10-11-25-21-13-15(24)3-9-18(20)21/h2-3,8-13,16-17,28H,4-7H2,1H3,(H,25,26)(H,27,29)/t16-,17+. The zero-order valence-electron chi connectivity index (χ0n) is 16.3. The molecule has 1 fully saturated rings. The SMILES string of the molecule is Cc1ccc(C(=O)N[C@H]2CC[C@@H](Nc3ccnc4cc(Cl)ccc34)CC2)c(O)c1. The molecule has 1 heterocycles. The second-order valence-electron chi connectivity index (χ2n) is 7.71. The van der Waals surface area contributed by atoms with Crippen LogP contribution in [-0.4, -0.2) is 28.1 Å². The third kappa shape index (κ3) is 4.46. The molecule has 0 saturated heterocycles. The molecule has 0 atom stereocenters. The fraction of sp³-hybridized carbons (Fsp3) is 0.304. The number of aromatic hydroxyl groups is 1. The van der Waals surface area contributed by atoms with Crippen LogP contribution in [-0.2, 0) is 0 Å². The third-order valence-electron chi connectivity index (χ3n) is 5.52. The summed E-state index contributed by atoms with van der Waals surface area (Å²) in [5, 5.41) is 18.4. The molecule has 0 unspecified atom stereocenters. The van der Waals surface area contributed by atoms with Gasteiger partial charge >= 0.3 is 0 Å². The van der Waals surface area contributed by atoms with Crippen molar-refractivity contribution in [1.82, 2.24) is 10.3 Å². The van der Waals surface area contributed by atoms with Gasteiger partial charge in [-0.25, -0.2) is 0 Å². The normalized spacial score (nSPS) is 19.1. The lowest BCUT2D eigenvalue weighted by Gasteiger charge is -2.30. The maximum atomic E-state index is 12.5. The van der Waals surface area contributed by atoms with E-state index in [-0.39, 0.29) is 17.7 Å². The van der Waals surface area contributed by atoms with Crippen LogP contribution < -0.4 is 10.6 Å². The Balaban J connectivity index is 1.36. The van der Waals surface area contributed by atoms with E-state index < -0.39 is 0 Å². The number of fused-ring (bicyclic) bond motifs is 1. The van der Waals surface area contributed by atoms with E-state index in [1.807, 2.05) is 37.3 Å². The molecular formula is C23H24ClN3O2. The van der Waals surface area contributed by atoms with Gasteiger partial charge in [0.25, 0.3) is 5.91 Å². The number of amides is 1. The summed E-state index contributed by atoms with van der Waals surface area (Å²) in [6.45, 7) is 1.89. The molecule has 0 spiro atoms. The minimum atomic E-state index is -0.212. The Hall–Kier alpha value is -2.79. The van der Waals surface area contributed by atoms with Crippen LogP contribution in [0.1, 0.15) is 41.6 Å². The molecule has 1 amide bonds. The van der Waals surface area contributed by atoms with E-state index >= 15 is 0 Å². The summed E-state index contributed by atoms with van der Waals surface area (Å²) < 4.78 is 0. The highest BCUT2D eigenvalue weighted by Crippen LogP contribution is 2.28. The number of anilines is 1. The number of aromatic nitrogens is 1. The molecule has 3 N–H and O–H groups in total. The van der Waals surface area contributed by atoms with Crippen LogP contribution in [0.25, 0.3) is 10.9 Å². The van der Waals surface area contributed by atoms with Crippen molar-refractivity contribution in [2.45, 2.75) is 44.7 Å². The number of carbonyl (C=O) groups is 1. The number of pyridine rings is 1. The van der Waals surface area contributed by atoms with Gasteiger partial charge in [-0.05, 0) is 74.6 Å². The molecule has 3 aromatic rings. The summed E-state index contributed by atoms with van der Waals surface area (Å²) in [6, 6.07) is 13.3. The Labute approximate surface area is 175 Å². The van der Waals surface area contributed by atoms with Crippen LogP contribution in [0.15, 0.2) is 48.7 Å². The second-order valence-corrected chi connectivity index (χ2v) is 8.14. The van der Waals surface area contributed by atoms with Crippen LogP contribution in [0.4, 0.5) is 5.69 Å². The van der Waals surface area contributed by atoms with Crippen molar-refractivity contribution in [3.8, 4) is 5.75 Å². The Morgan fingerprint density at radius 2 is 1.83 bits per heavy atom. The molecule has 4 rings (SSSR count). The fourth-order valence-electron chi connectivity index (χ4n) is 3.95. The molecule has 5 nitrogen and oxygen atoms in total. The summed E-state index contributed by atoms with van der Waals surface area (Å²) in [6.07, 6.45) is 5.50. The summed E-state index contributed by atoms with van der Waals surface area (Å²) in [7, 11) is 0. The number of nitrogens with one attached hydrogen (secondary N) is 2. The van der Waals surface area contributed by atoms with E-state index in [0.29, 0.717) is 16.6 Å². The monoisotopic (exact) mass is 409 g/mol. The van der Waals surface area contributed by atoms with Crippen LogP contribution in [0.3, 0.4) is 0 Å². The van der Waals surface area contributed by atoms with Crippen LogP contribution >= 0.6 is 11.6 Å². The molecule has 0 radical (unpaired) electrons. The van der Waals surface area contributed by atoms with Crippen molar-refractivity contribution < 1.29 is 9.90 Å². The average Bonchev–Trinajstić information content (AvgIpc) is 2.69. The minimum absolute atomic E-state index is 0.0301. The molecule has 6 heteroatoms. The first-order valence-corrected chi connectivity index (χ1v) is 10.3. The zero-order valence-corrected chi connectivity index (χ0v) is 17.0. The molecule has 1 aliphatic rings. The maximum absolute atomic E-state index is 12.5. The highest BCUT2D eigenvalue weighted by atomic mass is 35.5. The third-order valence-corrected chi connectivity index (χ3v) is 5.76. The number of nitrogens with zero attached hydrogens (tertiary/aromatic N) is 1. The summed E-state index contributed by atoms with van der Waals surface area (Å²) in [5.41, 5.74) is 3.19. The van der Waals surface area contributed by atoms with Gasteiger partial charge in [0.05, 0.1) is 11.1 Å². The minimum Gasteiger partial charge on any atom is -0.507 e. The highest BCUT2D eigenvalue weighted by molar-refractivity contribution is 6.31. The molecule has 150 valence electrons. The summed E-state index contributed by atoms with van der Waals surface area (Å²) >= 11 is 6.07. The Kier molecular flexibility index (Phi) is 5.58. The van der Waals surface area contributed by atoms with E-state index in [4.69, 9.17) is 11.6 Å². The molecule has 0 aliphatic heterocycles. The lowest BCUT2D eigenvalue weighted by Crippen LogP contribution is -2.40. The van der Waals surface area contributed by atoms with Gasteiger partial charge in [0, 0.05) is 34.4 Å². The van der Waals surface area contributed by atoms with Crippen molar-refractivity contribution in [2.24, 2.45) is 0 Å². The molecule has 1 aromatic heterocycles. The predicted octanol–water partition coefficient (Wildman–Crippen LogP) is 5.06. The van der Waals surface area contributed by atoms with Crippen LogP contribution in [0.5, 0.6) is 5.75 Å². The number of carbonyl (C=O) groups excluding carboxylic acids is 1. The van der Waals surface area contributed by atoms with Gasteiger partial charge in [0.2, 0.25) is 0 Å². The number of hydrogen-bond donors (Lipinski definition) is 3. The molecule has 0 bridgehead atoms. The molecule has 29 heavy (non-hydrogen) atoms. The van der Waals surface area contributed by atoms with Gasteiger partial charge in [0.15, 0.2) is 0 Å². The van der Waals surface area contributed by atoms with Crippen LogP contribution in [0.2, 0.25) is 5.02 Å². The number of halogens is 1. The fourth-order valence-corrected chi connectivity index (χ4v) is 4.11. The number of aryl methyl sites for hydroxylation is 1. The Bertz CT molecular complexity index is 1050. The van der Waals surface area contributed by atoms with Crippen molar-refractivity contribution in [1.29, 1.82) is 0 Å². The van der Waals surface area contributed by atoms with Gasteiger partial charge in [-0.2, -0.15) is 0 Å². The van der Waals surface area contributed by atoms with Crippen molar-refractivity contribution >= 4 is 34.1 Å². The lowest BCUT2D eigenvalue weighted by molar-refractivity contribution is 0.0924. The first-order chi connectivity index (χ1) is 14.0. The number of rotatable bonds is 4. The van der Waals surface area contributed by atoms with E-state index in [9.17, 15) is 9.90 Å². The van der Waals surface area contributed by atoms with E-state index in [1.165, 1.54) is 0 Å². The van der Waals surface area contributed by atoms with Gasteiger partial charge in [-0.15, -0.1) is 0 Å². The number of benzene rings is 2. The number of phenolic OH excluding ortho intramolecular Hbond substituents is 1. The van der Waals surface area contributed by atoms with E-state index in [2.05, 4.69) is 15.6 Å². The van der Waals surface area contributed by atoms with Crippen molar-refractivity contribution in [3.63, 3.8) is 0 Å². The summed E-state index contributed by atoms with van der Waals surface area (Å²) in [5.74, 6) is -0.182. The number of hydrogen-bond acceptors (Lipinski definition) is 4. The zero-order chi connectivity index (χ0) is 20.4. The molecular weight excluding hydrogens is 386 g/mol. The summed E-state index contributed by atoms with van der Waals surface area (Å²) in [4.78, 5) is 16.9. The van der Waals surface area contributed by atoms with Gasteiger partial charge in [-0.1, -0.05) is 17.7 Å². The molecule has 1 saturated carbocycles. The Morgan fingerprint density at radius 1 is 1.07 bits per heavy atom. The quantitative estimate of drug-likeness (QED) is 0.563. The van der Waals surface area contributed by atoms with Crippen molar-refractivity contribution in [2.75, 3.05) is 5.32 Å². The predicted molar refractivity (Wildman–Crippen MR) is 117 cm³/mol. The van der Waals surface area contributed by atoms with Gasteiger partial charge in [-0.3, -0.25) is 9.78 Å². The average molecular weight is 410 g/mol. The lowest BCUT2D eigenvalue weighted by atomic mass is 9.90. The van der Waals surface area contributed by atoms with Crippen LogP contribution in [0, 0.1) is 6.92 Å². The molecule has 1 aliphatic carbocycles. The van der Waals surface area contributed by atoms with E-state index in [1.54, 1.807) is 18.3 Å². The maximum Gasteiger partial charge on any atom is 0.255 e. The van der Waals surface area contributed by atoms with E-state index in [0.717, 1.165) is 47.8 Å². The Morgan fingerprint density at radius 3 is 2.59 bits per heavy atom. The molecule has 2 aromatic carbocycles. The first-order valence-electron chi connectivity index (χ1n) is 9.91. The van der Waals surface area contributed by atoms with Gasteiger partial charge in [0.1, 0.15) is 5.75 Å². The smallest absolute Gasteiger partial charge is 0.255 e. The number of phenols is 1. The van der Waals surface area contributed by atoms with Crippen molar-refractivity contribution in [3.05, 3.63) is 64.8 Å².